The minimum absolute atomic E-state index is 0.118. The van der Waals surface area contributed by atoms with E-state index in [9.17, 15) is 22.4 Å². The molecule has 1 N–H and O–H groups in total. The standard InChI is InChI=1S/C13H7F4NO3/c14-10-6-18-11(5-9(10)12(19)20)7-1-3-8(4-2-7)21-13(15,16)17/h1-6H,(H,19,20). The molecular weight excluding hydrogens is 294 g/mol. The molecule has 4 nitrogen and oxygen atoms in total. The van der Waals surface area contributed by atoms with Gasteiger partial charge in [-0.25, -0.2) is 9.18 Å². The van der Waals surface area contributed by atoms with Crippen molar-refractivity contribution in [3.63, 3.8) is 0 Å². The lowest BCUT2D eigenvalue weighted by atomic mass is 10.1. The van der Waals surface area contributed by atoms with E-state index >= 15 is 0 Å². The first-order valence-electron chi connectivity index (χ1n) is 5.51. The Kier molecular flexibility index (Phi) is 3.79. The SMILES string of the molecule is O=C(O)c1cc(-c2ccc(OC(F)(F)F)cc2)ncc1F. The van der Waals surface area contributed by atoms with Crippen LogP contribution in [-0.2, 0) is 0 Å². The van der Waals surface area contributed by atoms with Gasteiger partial charge in [0, 0.05) is 5.56 Å². The van der Waals surface area contributed by atoms with Crippen LogP contribution in [0.15, 0.2) is 36.5 Å². The molecule has 110 valence electrons. The average Bonchev–Trinajstić information content (AvgIpc) is 2.38. The molecular formula is C13H7F4NO3. The predicted molar refractivity (Wildman–Crippen MR) is 63.3 cm³/mol. The van der Waals surface area contributed by atoms with E-state index in [1.807, 2.05) is 0 Å². The number of carboxylic acids is 1. The fourth-order valence-corrected chi connectivity index (χ4v) is 1.59. The molecule has 1 aromatic carbocycles. The third kappa shape index (κ3) is 3.68. The van der Waals surface area contributed by atoms with Crippen LogP contribution in [-0.4, -0.2) is 22.4 Å². The van der Waals surface area contributed by atoms with Crippen molar-refractivity contribution < 1.29 is 32.2 Å². The van der Waals surface area contributed by atoms with E-state index in [0.29, 0.717) is 5.56 Å². The van der Waals surface area contributed by atoms with E-state index in [1.165, 1.54) is 12.1 Å². The molecule has 2 aromatic rings. The van der Waals surface area contributed by atoms with E-state index in [0.717, 1.165) is 24.4 Å². The molecule has 0 atom stereocenters. The zero-order valence-electron chi connectivity index (χ0n) is 10.2. The highest BCUT2D eigenvalue weighted by Gasteiger charge is 2.31. The van der Waals surface area contributed by atoms with Crippen LogP contribution in [0.3, 0.4) is 0 Å². The van der Waals surface area contributed by atoms with Gasteiger partial charge in [-0.1, -0.05) is 0 Å². The Morgan fingerprint density at radius 2 is 1.81 bits per heavy atom. The Labute approximate surface area is 115 Å². The summed E-state index contributed by atoms with van der Waals surface area (Å²) in [6.45, 7) is 0. The van der Waals surface area contributed by atoms with Crippen molar-refractivity contribution in [2.24, 2.45) is 0 Å². The molecule has 0 radical (unpaired) electrons. The molecule has 0 spiro atoms. The molecule has 0 fully saturated rings. The number of ether oxygens (including phenoxy) is 1. The first kappa shape index (κ1) is 14.8. The minimum Gasteiger partial charge on any atom is -0.478 e. The van der Waals surface area contributed by atoms with Gasteiger partial charge in [-0.3, -0.25) is 4.98 Å². The van der Waals surface area contributed by atoms with Crippen LogP contribution in [0.5, 0.6) is 5.75 Å². The Hall–Kier alpha value is -2.64. The molecule has 0 aliphatic carbocycles. The first-order chi connectivity index (χ1) is 9.76. The van der Waals surface area contributed by atoms with Crippen molar-refractivity contribution in [3.8, 4) is 17.0 Å². The van der Waals surface area contributed by atoms with E-state index in [1.54, 1.807) is 0 Å². The lowest BCUT2D eigenvalue weighted by molar-refractivity contribution is -0.274. The van der Waals surface area contributed by atoms with Crippen LogP contribution >= 0.6 is 0 Å². The van der Waals surface area contributed by atoms with E-state index in [2.05, 4.69) is 9.72 Å². The number of benzene rings is 1. The number of carboxylic acid groups (broad SMARTS) is 1. The van der Waals surface area contributed by atoms with Gasteiger partial charge >= 0.3 is 12.3 Å². The maximum atomic E-state index is 13.2. The number of carbonyl (C=O) groups is 1. The van der Waals surface area contributed by atoms with Crippen LogP contribution in [0.1, 0.15) is 10.4 Å². The number of pyridine rings is 1. The van der Waals surface area contributed by atoms with Gasteiger partial charge in [0.1, 0.15) is 5.75 Å². The fraction of sp³-hybridized carbons (Fsp3) is 0.0769. The van der Waals surface area contributed by atoms with Gasteiger partial charge in [0.25, 0.3) is 0 Å². The van der Waals surface area contributed by atoms with Crippen LogP contribution in [0.4, 0.5) is 17.6 Å². The first-order valence-corrected chi connectivity index (χ1v) is 5.51. The molecule has 0 aliphatic rings. The van der Waals surface area contributed by atoms with Gasteiger partial charge in [0.2, 0.25) is 0 Å². The molecule has 0 bridgehead atoms. The number of hydrogen-bond donors (Lipinski definition) is 1. The summed E-state index contributed by atoms with van der Waals surface area (Å²) in [5, 5.41) is 8.80. The Morgan fingerprint density at radius 1 is 1.19 bits per heavy atom. The lowest BCUT2D eigenvalue weighted by Gasteiger charge is -2.09. The minimum atomic E-state index is -4.80. The van der Waals surface area contributed by atoms with Gasteiger partial charge in [-0.05, 0) is 30.3 Å². The van der Waals surface area contributed by atoms with Crippen molar-refractivity contribution in [3.05, 3.63) is 47.9 Å². The topological polar surface area (TPSA) is 59.4 Å². The summed E-state index contributed by atoms with van der Waals surface area (Å²) in [4.78, 5) is 14.5. The molecule has 0 unspecified atom stereocenters. The molecule has 0 aliphatic heterocycles. The van der Waals surface area contributed by atoms with Crippen molar-refractivity contribution in [1.82, 2.24) is 4.98 Å². The van der Waals surface area contributed by atoms with E-state index < -0.39 is 29.5 Å². The van der Waals surface area contributed by atoms with Crippen LogP contribution < -0.4 is 4.74 Å². The number of aromatic carboxylic acids is 1. The van der Waals surface area contributed by atoms with Crippen LogP contribution in [0.25, 0.3) is 11.3 Å². The summed E-state index contributed by atoms with van der Waals surface area (Å²) in [6, 6.07) is 5.61. The average molecular weight is 301 g/mol. The van der Waals surface area contributed by atoms with Crippen molar-refractivity contribution >= 4 is 5.97 Å². The molecule has 2 rings (SSSR count). The fourth-order valence-electron chi connectivity index (χ4n) is 1.59. The largest absolute Gasteiger partial charge is 0.573 e. The predicted octanol–water partition coefficient (Wildman–Crippen LogP) is 3.48. The second-order valence-corrected chi connectivity index (χ2v) is 3.93. The molecule has 8 heteroatoms. The zero-order valence-corrected chi connectivity index (χ0v) is 10.2. The lowest BCUT2D eigenvalue weighted by Crippen LogP contribution is -2.16. The van der Waals surface area contributed by atoms with Crippen molar-refractivity contribution in [1.29, 1.82) is 0 Å². The molecule has 1 heterocycles. The highest BCUT2D eigenvalue weighted by molar-refractivity contribution is 5.89. The number of halogens is 4. The van der Waals surface area contributed by atoms with E-state index in [-0.39, 0.29) is 5.69 Å². The van der Waals surface area contributed by atoms with Gasteiger partial charge < -0.3 is 9.84 Å². The van der Waals surface area contributed by atoms with Crippen LogP contribution in [0, 0.1) is 5.82 Å². The summed E-state index contributed by atoms with van der Waals surface area (Å²) in [6.07, 6.45) is -4.06. The normalized spacial score (nSPS) is 11.2. The van der Waals surface area contributed by atoms with Gasteiger partial charge in [0.15, 0.2) is 5.82 Å². The third-order valence-corrected chi connectivity index (χ3v) is 2.47. The van der Waals surface area contributed by atoms with Crippen molar-refractivity contribution in [2.45, 2.75) is 6.36 Å². The van der Waals surface area contributed by atoms with Gasteiger partial charge in [-0.2, -0.15) is 0 Å². The Balaban J connectivity index is 2.31. The second-order valence-electron chi connectivity index (χ2n) is 3.93. The summed E-state index contributed by atoms with van der Waals surface area (Å²) in [7, 11) is 0. The molecule has 1 aromatic heterocycles. The molecule has 0 saturated carbocycles. The Morgan fingerprint density at radius 3 is 2.33 bits per heavy atom. The highest BCUT2D eigenvalue weighted by atomic mass is 19.4. The number of alkyl halides is 3. The number of nitrogens with zero attached hydrogens (tertiary/aromatic N) is 1. The summed E-state index contributed by atoms with van der Waals surface area (Å²) in [5.74, 6) is -2.89. The van der Waals surface area contributed by atoms with Crippen molar-refractivity contribution in [2.75, 3.05) is 0 Å². The summed E-state index contributed by atoms with van der Waals surface area (Å²) >= 11 is 0. The maximum absolute atomic E-state index is 13.2. The maximum Gasteiger partial charge on any atom is 0.573 e. The monoisotopic (exact) mass is 301 g/mol. The molecule has 21 heavy (non-hydrogen) atoms. The molecule has 0 saturated heterocycles. The molecule has 0 amide bonds. The quantitative estimate of drug-likeness (QED) is 0.882. The second kappa shape index (κ2) is 5.39. The summed E-state index contributed by atoms with van der Waals surface area (Å²) in [5.41, 5.74) is -0.130. The number of hydrogen-bond acceptors (Lipinski definition) is 3. The zero-order chi connectivity index (χ0) is 15.6. The smallest absolute Gasteiger partial charge is 0.478 e. The van der Waals surface area contributed by atoms with Gasteiger partial charge in [0.05, 0.1) is 17.5 Å². The van der Waals surface area contributed by atoms with Gasteiger partial charge in [-0.15, -0.1) is 13.2 Å². The summed E-state index contributed by atoms with van der Waals surface area (Å²) < 4.78 is 52.9. The van der Waals surface area contributed by atoms with Crippen LogP contribution in [0.2, 0.25) is 0 Å². The number of rotatable bonds is 3. The third-order valence-electron chi connectivity index (χ3n) is 2.47. The number of aromatic nitrogens is 1. The Bertz CT molecular complexity index is 668. The van der Waals surface area contributed by atoms with E-state index in [4.69, 9.17) is 5.11 Å². The highest BCUT2D eigenvalue weighted by Crippen LogP contribution is 2.26.